The SMILES string of the molecule is CCOC(=O)c1ccc(Oc2ccc(N)cc2C)nc1. The number of hydrogen-bond acceptors (Lipinski definition) is 5. The summed E-state index contributed by atoms with van der Waals surface area (Å²) in [5.41, 5.74) is 7.68. The number of nitrogen functional groups attached to an aromatic ring is 1. The molecule has 104 valence electrons. The predicted octanol–water partition coefficient (Wildman–Crippen LogP) is 2.94. The van der Waals surface area contributed by atoms with Crippen molar-refractivity contribution in [1.29, 1.82) is 0 Å². The third kappa shape index (κ3) is 3.26. The maximum atomic E-state index is 11.5. The van der Waals surface area contributed by atoms with Crippen LogP contribution in [0.4, 0.5) is 5.69 Å². The number of rotatable bonds is 4. The van der Waals surface area contributed by atoms with Crippen molar-refractivity contribution in [3.63, 3.8) is 0 Å². The summed E-state index contributed by atoms with van der Waals surface area (Å²) in [7, 11) is 0. The zero-order valence-electron chi connectivity index (χ0n) is 11.4. The van der Waals surface area contributed by atoms with Crippen LogP contribution in [0.15, 0.2) is 36.5 Å². The standard InChI is InChI=1S/C15H16N2O3/c1-3-19-15(18)11-4-7-14(17-9-11)20-13-6-5-12(16)8-10(13)2/h4-9H,3,16H2,1-2H3. The minimum Gasteiger partial charge on any atom is -0.462 e. The Labute approximate surface area is 117 Å². The van der Waals surface area contributed by atoms with Crippen LogP contribution in [-0.2, 0) is 4.74 Å². The molecule has 0 aliphatic heterocycles. The van der Waals surface area contributed by atoms with Gasteiger partial charge in [-0.05, 0) is 43.7 Å². The van der Waals surface area contributed by atoms with Crippen LogP contribution in [-0.4, -0.2) is 17.6 Å². The van der Waals surface area contributed by atoms with Crippen molar-refractivity contribution in [2.45, 2.75) is 13.8 Å². The molecule has 1 aromatic carbocycles. The van der Waals surface area contributed by atoms with Gasteiger partial charge in [-0.2, -0.15) is 0 Å². The van der Waals surface area contributed by atoms with E-state index < -0.39 is 5.97 Å². The van der Waals surface area contributed by atoms with E-state index in [-0.39, 0.29) is 0 Å². The summed E-state index contributed by atoms with van der Waals surface area (Å²) in [5.74, 6) is 0.691. The molecule has 5 heteroatoms. The van der Waals surface area contributed by atoms with Crippen LogP contribution in [0.2, 0.25) is 0 Å². The van der Waals surface area contributed by atoms with E-state index in [1.807, 2.05) is 13.0 Å². The summed E-state index contributed by atoms with van der Waals surface area (Å²) < 4.78 is 10.5. The fraction of sp³-hybridized carbons (Fsp3) is 0.200. The Hall–Kier alpha value is -2.56. The van der Waals surface area contributed by atoms with Crippen LogP contribution in [0, 0.1) is 6.92 Å². The molecule has 0 bridgehead atoms. The number of esters is 1. The summed E-state index contributed by atoms with van der Waals surface area (Å²) in [6.07, 6.45) is 1.43. The van der Waals surface area contributed by atoms with E-state index in [9.17, 15) is 4.79 Å². The quantitative estimate of drug-likeness (QED) is 0.684. The molecule has 0 fully saturated rings. The first kappa shape index (κ1) is 13.9. The molecule has 1 heterocycles. The first-order valence-electron chi connectivity index (χ1n) is 6.27. The van der Waals surface area contributed by atoms with E-state index in [4.69, 9.17) is 15.2 Å². The number of aromatic nitrogens is 1. The van der Waals surface area contributed by atoms with Crippen LogP contribution in [0.3, 0.4) is 0 Å². The first-order valence-corrected chi connectivity index (χ1v) is 6.27. The number of carbonyl (C=O) groups excluding carboxylic acids is 1. The fourth-order valence-electron chi connectivity index (χ4n) is 1.68. The summed E-state index contributed by atoms with van der Waals surface area (Å²) in [6.45, 7) is 3.99. The molecule has 0 spiro atoms. The topological polar surface area (TPSA) is 74.4 Å². The number of hydrogen-bond donors (Lipinski definition) is 1. The summed E-state index contributed by atoms with van der Waals surface area (Å²) in [4.78, 5) is 15.6. The van der Waals surface area contributed by atoms with E-state index in [0.29, 0.717) is 29.5 Å². The van der Waals surface area contributed by atoms with E-state index >= 15 is 0 Å². The highest BCUT2D eigenvalue weighted by Gasteiger charge is 2.08. The lowest BCUT2D eigenvalue weighted by atomic mass is 10.2. The Morgan fingerprint density at radius 3 is 2.70 bits per heavy atom. The Bertz CT molecular complexity index is 609. The monoisotopic (exact) mass is 272 g/mol. The van der Waals surface area contributed by atoms with Crippen LogP contribution in [0.25, 0.3) is 0 Å². The minimum atomic E-state index is -0.393. The number of ether oxygens (including phenoxy) is 2. The number of aryl methyl sites for hydroxylation is 1. The van der Waals surface area contributed by atoms with Gasteiger partial charge in [-0.25, -0.2) is 9.78 Å². The first-order chi connectivity index (χ1) is 9.60. The van der Waals surface area contributed by atoms with Gasteiger partial charge in [-0.15, -0.1) is 0 Å². The lowest BCUT2D eigenvalue weighted by molar-refractivity contribution is 0.0526. The Morgan fingerprint density at radius 2 is 2.10 bits per heavy atom. The van der Waals surface area contributed by atoms with E-state index in [1.54, 1.807) is 31.2 Å². The van der Waals surface area contributed by atoms with Crippen molar-refractivity contribution in [3.05, 3.63) is 47.7 Å². The highest BCUT2D eigenvalue weighted by molar-refractivity contribution is 5.89. The van der Waals surface area contributed by atoms with Gasteiger partial charge in [-0.3, -0.25) is 0 Å². The van der Waals surface area contributed by atoms with Crippen LogP contribution in [0.5, 0.6) is 11.6 Å². The van der Waals surface area contributed by atoms with Crippen LogP contribution >= 0.6 is 0 Å². The highest BCUT2D eigenvalue weighted by atomic mass is 16.5. The van der Waals surface area contributed by atoms with Crippen molar-refractivity contribution >= 4 is 11.7 Å². The van der Waals surface area contributed by atoms with Gasteiger partial charge < -0.3 is 15.2 Å². The van der Waals surface area contributed by atoms with E-state index in [2.05, 4.69) is 4.98 Å². The fourth-order valence-corrected chi connectivity index (χ4v) is 1.68. The predicted molar refractivity (Wildman–Crippen MR) is 75.9 cm³/mol. The third-order valence-electron chi connectivity index (χ3n) is 2.66. The van der Waals surface area contributed by atoms with Crippen molar-refractivity contribution in [3.8, 4) is 11.6 Å². The van der Waals surface area contributed by atoms with Crippen LogP contribution < -0.4 is 10.5 Å². The van der Waals surface area contributed by atoms with Gasteiger partial charge >= 0.3 is 5.97 Å². The van der Waals surface area contributed by atoms with E-state index in [1.165, 1.54) is 6.20 Å². The molecule has 5 nitrogen and oxygen atoms in total. The van der Waals surface area contributed by atoms with Crippen molar-refractivity contribution in [2.24, 2.45) is 0 Å². The number of anilines is 1. The second-order valence-electron chi connectivity index (χ2n) is 4.23. The number of nitrogens with two attached hydrogens (primary N) is 1. The molecule has 0 amide bonds. The molecule has 0 aliphatic carbocycles. The molecular formula is C15H16N2O3. The largest absolute Gasteiger partial charge is 0.462 e. The van der Waals surface area contributed by atoms with E-state index in [0.717, 1.165) is 5.56 Å². The number of nitrogens with zero attached hydrogens (tertiary/aromatic N) is 1. The van der Waals surface area contributed by atoms with Crippen LogP contribution in [0.1, 0.15) is 22.8 Å². The molecule has 0 atom stereocenters. The number of benzene rings is 1. The maximum Gasteiger partial charge on any atom is 0.339 e. The van der Waals surface area contributed by atoms with Crippen molar-refractivity contribution < 1.29 is 14.3 Å². The molecular weight excluding hydrogens is 256 g/mol. The highest BCUT2D eigenvalue weighted by Crippen LogP contribution is 2.25. The van der Waals surface area contributed by atoms with Gasteiger partial charge in [0.05, 0.1) is 12.2 Å². The molecule has 20 heavy (non-hydrogen) atoms. The maximum absolute atomic E-state index is 11.5. The summed E-state index contributed by atoms with van der Waals surface area (Å²) in [5, 5.41) is 0. The summed E-state index contributed by atoms with van der Waals surface area (Å²) >= 11 is 0. The molecule has 2 N–H and O–H groups in total. The average Bonchev–Trinajstić information content (AvgIpc) is 2.43. The number of pyridine rings is 1. The molecule has 0 saturated heterocycles. The molecule has 1 aromatic heterocycles. The van der Waals surface area contributed by atoms with Crippen molar-refractivity contribution in [1.82, 2.24) is 4.98 Å². The molecule has 0 radical (unpaired) electrons. The van der Waals surface area contributed by atoms with Gasteiger partial charge in [0.15, 0.2) is 0 Å². The molecule has 0 aliphatic rings. The molecule has 0 unspecified atom stereocenters. The second-order valence-corrected chi connectivity index (χ2v) is 4.23. The lowest BCUT2D eigenvalue weighted by Crippen LogP contribution is -2.05. The normalized spacial score (nSPS) is 10.1. The molecule has 2 rings (SSSR count). The lowest BCUT2D eigenvalue weighted by Gasteiger charge is -2.08. The minimum absolute atomic E-state index is 0.335. The Morgan fingerprint density at radius 1 is 1.30 bits per heavy atom. The molecule has 2 aromatic rings. The van der Waals surface area contributed by atoms with Gasteiger partial charge in [0.2, 0.25) is 5.88 Å². The van der Waals surface area contributed by atoms with Gasteiger partial charge in [0.1, 0.15) is 5.75 Å². The Balaban J connectivity index is 2.12. The molecule has 0 saturated carbocycles. The summed E-state index contributed by atoms with van der Waals surface area (Å²) in [6, 6.07) is 8.61. The Kier molecular flexibility index (Phi) is 4.20. The average molecular weight is 272 g/mol. The van der Waals surface area contributed by atoms with Gasteiger partial charge in [0.25, 0.3) is 0 Å². The number of carbonyl (C=O) groups is 1. The third-order valence-corrected chi connectivity index (χ3v) is 2.66. The zero-order chi connectivity index (χ0) is 14.5. The van der Waals surface area contributed by atoms with Crippen molar-refractivity contribution in [2.75, 3.05) is 12.3 Å². The van der Waals surface area contributed by atoms with Gasteiger partial charge in [0, 0.05) is 18.0 Å². The second kappa shape index (κ2) is 6.06. The zero-order valence-corrected chi connectivity index (χ0v) is 11.4. The smallest absolute Gasteiger partial charge is 0.339 e. The van der Waals surface area contributed by atoms with Gasteiger partial charge in [-0.1, -0.05) is 0 Å².